The maximum atomic E-state index is 14.0. The number of rotatable bonds is 23. The minimum atomic E-state index is -1.47. The summed E-state index contributed by atoms with van der Waals surface area (Å²) >= 11 is 0. The zero-order valence-electron chi connectivity index (χ0n) is 33.4. The van der Waals surface area contributed by atoms with Gasteiger partial charge in [0.05, 0.1) is 25.0 Å². The Kier molecular flexibility index (Phi) is 23.6. The number of aliphatic carboxylic acids is 1. The van der Waals surface area contributed by atoms with Crippen LogP contribution in [0.1, 0.15) is 102 Å². The van der Waals surface area contributed by atoms with Gasteiger partial charge in [0.25, 0.3) is 0 Å². The number of guanidine groups is 1. The lowest BCUT2D eigenvalue weighted by molar-refractivity contribution is -0.140. The molecule has 0 radical (unpaired) electrons. The standard InChI is InChI=1S/C40H63N9O9/c41-18-8-2-6-16-34(52)44-19-9-3-7-17-35(53)45-20-11-15-30-32(50)23-28(14-10-21-46-40(42)43)38(57)47-26-36(54)48-31(25-37(55)56)33(51)24-29(39(58)49-30)22-27-12-4-1-5-13-27/h1,4-5,12-13,28-31H,2-3,6-11,14-26,41H2,(H,44,52)(H,45,53)(H,47,57)(H,48,54)(H,49,58)(H,55,56)(H4,42,43,46)/t28-,29+,30+,31+/m1/s1. The number of hydrogen-bond donors (Lipinski definition) is 9. The normalized spacial score (nSPS) is 19.4. The molecule has 0 spiro atoms. The number of ketones is 2. The molecule has 0 saturated carbocycles. The van der Waals surface area contributed by atoms with Gasteiger partial charge in [0, 0.05) is 57.2 Å². The highest BCUT2D eigenvalue weighted by molar-refractivity contribution is 5.98. The van der Waals surface area contributed by atoms with Crippen molar-refractivity contribution in [3.8, 4) is 0 Å². The first-order valence-corrected chi connectivity index (χ1v) is 20.3. The first-order chi connectivity index (χ1) is 27.8. The number of unbranched alkanes of at least 4 members (excludes halogenated alkanes) is 4. The summed E-state index contributed by atoms with van der Waals surface area (Å²) in [5.74, 6) is -6.89. The summed E-state index contributed by atoms with van der Waals surface area (Å²) < 4.78 is 0. The van der Waals surface area contributed by atoms with E-state index in [1.54, 1.807) is 30.3 Å². The highest BCUT2D eigenvalue weighted by Gasteiger charge is 2.33. The molecular weight excluding hydrogens is 750 g/mol. The van der Waals surface area contributed by atoms with E-state index in [1.165, 1.54) is 0 Å². The van der Waals surface area contributed by atoms with Crippen LogP contribution >= 0.6 is 0 Å². The van der Waals surface area contributed by atoms with Crippen LogP contribution in [0.4, 0.5) is 0 Å². The molecule has 18 heteroatoms. The van der Waals surface area contributed by atoms with Crippen LogP contribution in [0.25, 0.3) is 0 Å². The van der Waals surface area contributed by atoms with Crippen LogP contribution in [0.3, 0.4) is 0 Å². The Morgan fingerprint density at radius 2 is 1.34 bits per heavy atom. The number of nitrogens with zero attached hydrogens (tertiary/aromatic N) is 1. The molecule has 0 unspecified atom stereocenters. The molecule has 0 aromatic heterocycles. The van der Waals surface area contributed by atoms with Crippen LogP contribution in [0.5, 0.6) is 0 Å². The number of carboxylic acids is 1. The third-order valence-corrected chi connectivity index (χ3v) is 9.70. The molecule has 0 aliphatic carbocycles. The van der Waals surface area contributed by atoms with E-state index < -0.39 is 78.6 Å². The number of nitrogens with one attached hydrogen (secondary N) is 5. The van der Waals surface area contributed by atoms with Gasteiger partial charge in [-0.05, 0) is 69.9 Å². The fourth-order valence-electron chi connectivity index (χ4n) is 6.51. The average molecular weight is 814 g/mol. The Morgan fingerprint density at radius 3 is 1.98 bits per heavy atom. The maximum absolute atomic E-state index is 14.0. The quantitative estimate of drug-likeness (QED) is 0.0404. The Bertz CT molecular complexity index is 1540. The van der Waals surface area contributed by atoms with Crippen molar-refractivity contribution in [2.75, 3.05) is 32.7 Å². The summed E-state index contributed by atoms with van der Waals surface area (Å²) in [6.07, 6.45) is 4.96. The second kappa shape index (κ2) is 28.1. The largest absolute Gasteiger partial charge is 0.481 e. The number of nitrogens with two attached hydrogens (primary N) is 3. The van der Waals surface area contributed by atoms with Gasteiger partial charge in [-0.1, -0.05) is 43.2 Å². The second-order valence-corrected chi connectivity index (χ2v) is 14.6. The molecule has 0 bridgehead atoms. The van der Waals surface area contributed by atoms with Gasteiger partial charge in [-0.15, -0.1) is 0 Å². The molecule has 1 aliphatic heterocycles. The highest BCUT2D eigenvalue weighted by atomic mass is 16.4. The fraction of sp³-hybridized carbons (Fsp3) is 0.625. The number of carbonyl (C=O) groups excluding carboxylic acids is 7. The lowest BCUT2D eigenvalue weighted by atomic mass is 9.89. The van der Waals surface area contributed by atoms with Crippen LogP contribution in [-0.2, 0) is 44.8 Å². The van der Waals surface area contributed by atoms with Gasteiger partial charge >= 0.3 is 5.97 Å². The molecule has 1 saturated heterocycles. The molecule has 1 fully saturated rings. The molecule has 5 amide bonds. The summed E-state index contributed by atoms with van der Waals surface area (Å²) in [4.78, 5) is 108. The maximum Gasteiger partial charge on any atom is 0.305 e. The second-order valence-electron chi connectivity index (χ2n) is 14.6. The predicted octanol–water partition coefficient (Wildman–Crippen LogP) is 0.0997. The van der Waals surface area contributed by atoms with Gasteiger partial charge in [-0.3, -0.25) is 43.3 Å². The predicted molar refractivity (Wildman–Crippen MR) is 217 cm³/mol. The van der Waals surface area contributed by atoms with Crippen molar-refractivity contribution >= 4 is 53.0 Å². The summed E-state index contributed by atoms with van der Waals surface area (Å²) in [7, 11) is 0. The molecule has 18 nitrogen and oxygen atoms in total. The molecule has 1 aliphatic rings. The molecule has 1 aromatic carbocycles. The lowest BCUT2D eigenvalue weighted by Gasteiger charge is -2.24. The number of amides is 5. The monoisotopic (exact) mass is 813 g/mol. The van der Waals surface area contributed by atoms with Crippen LogP contribution in [0.15, 0.2) is 35.3 Å². The van der Waals surface area contributed by atoms with Crippen molar-refractivity contribution in [3.05, 3.63) is 35.9 Å². The number of benzene rings is 1. The number of hydrogen-bond acceptors (Lipinski definition) is 10. The molecule has 58 heavy (non-hydrogen) atoms. The van der Waals surface area contributed by atoms with E-state index >= 15 is 0 Å². The molecule has 12 N–H and O–H groups in total. The van der Waals surface area contributed by atoms with Gasteiger partial charge in [0.2, 0.25) is 29.5 Å². The first-order valence-electron chi connectivity index (χ1n) is 20.3. The smallest absolute Gasteiger partial charge is 0.305 e. The van der Waals surface area contributed by atoms with E-state index in [2.05, 4.69) is 31.6 Å². The van der Waals surface area contributed by atoms with E-state index in [0.29, 0.717) is 44.3 Å². The van der Waals surface area contributed by atoms with Gasteiger partial charge < -0.3 is 48.9 Å². The SMILES string of the molecule is NCCCCCC(=O)NCCCCCC(=O)NCCC[C@@H]1NC(=O)[C@@H](Cc2ccccc2)CC(=O)[C@H](CC(=O)O)NC(=O)CNC(=O)[C@H](CCCN=C(N)N)CC1=O. The Balaban J connectivity index is 2.16. The molecule has 2 rings (SSSR count). The van der Waals surface area contributed by atoms with Crippen molar-refractivity contribution in [1.29, 1.82) is 0 Å². The average Bonchev–Trinajstić information content (AvgIpc) is 3.18. The van der Waals surface area contributed by atoms with Crippen molar-refractivity contribution in [3.63, 3.8) is 0 Å². The summed E-state index contributed by atoms with van der Waals surface area (Å²) in [6.45, 7) is 0.950. The highest BCUT2D eigenvalue weighted by Crippen LogP contribution is 2.19. The van der Waals surface area contributed by atoms with Crippen LogP contribution < -0.4 is 43.8 Å². The number of aliphatic imine (C=N–C) groups is 1. The van der Waals surface area contributed by atoms with Gasteiger partial charge in [-0.25, -0.2) is 0 Å². The molecule has 322 valence electrons. The zero-order chi connectivity index (χ0) is 42.7. The van der Waals surface area contributed by atoms with Crippen molar-refractivity contribution in [2.45, 2.75) is 115 Å². The Labute approximate surface area is 340 Å². The molecular formula is C40H63N9O9. The van der Waals surface area contributed by atoms with Gasteiger partial charge in [-0.2, -0.15) is 0 Å². The van der Waals surface area contributed by atoms with E-state index in [1.807, 2.05) is 0 Å². The molecule has 1 aromatic rings. The van der Waals surface area contributed by atoms with Crippen LogP contribution in [-0.4, -0.2) is 103 Å². The van der Waals surface area contributed by atoms with Crippen LogP contribution in [0, 0.1) is 11.8 Å². The summed E-state index contributed by atoms with van der Waals surface area (Å²) in [6, 6.07) is 6.28. The number of carboxylic acid groups (broad SMARTS) is 1. The minimum absolute atomic E-state index is 0.00682. The Hall–Kier alpha value is -5.39. The topological polar surface area (TPSA) is 307 Å². The van der Waals surface area contributed by atoms with E-state index in [4.69, 9.17) is 17.2 Å². The fourth-order valence-corrected chi connectivity index (χ4v) is 6.51. The summed E-state index contributed by atoms with van der Waals surface area (Å²) in [5, 5.41) is 22.9. The number of carbonyl (C=O) groups is 8. The van der Waals surface area contributed by atoms with E-state index in [0.717, 1.165) is 32.1 Å². The first kappa shape index (κ1) is 48.8. The zero-order valence-corrected chi connectivity index (χ0v) is 33.4. The molecule has 1 heterocycles. The van der Waals surface area contributed by atoms with E-state index in [-0.39, 0.29) is 63.0 Å². The van der Waals surface area contributed by atoms with Gasteiger partial charge in [0.1, 0.15) is 0 Å². The number of Topliss-reactive ketones (excluding diaryl/α,β-unsaturated/α-hetero) is 2. The minimum Gasteiger partial charge on any atom is -0.481 e. The van der Waals surface area contributed by atoms with Crippen molar-refractivity contribution < 1.29 is 43.5 Å². The Morgan fingerprint density at radius 1 is 0.724 bits per heavy atom. The van der Waals surface area contributed by atoms with Crippen molar-refractivity contribution in [1.82, 2.24) is 26.6 Å². The van der Waals surface area contributed by atoms with Crippen LogP contribution in [0.2, 0.25) is 0 Å². The van der Waals surface area contributed by atoms with Crippen molar-refractivity contribution in [2.24, 2.45) is 34.0 Å². The van der Waals surface area contributed by atoms with Gasteiger partial charge in [0.15, 0.2) is 17.5 Å². The summed E-state index contributed by atoms with van der Waals surface area (Å²) in [5.41, 5.74) is 17.0. The molecule has 4 atom stereocenters. The van der Waals surface area contributed by atoms with E-state index in [9.17, 15) is 43.5 Å². The lowest BCUT2D eigenvalue weighted by Crippen LogP contribution is -2.48. The third-order valence-electron chi connectivity index (χ3n) is 9.70. The third kappa shape index (κ3) is 21.2.